The molecule has 0 unspecified atom stereocenters. The van der Waals surface area contributed by atoms with E-state index in [4.69, 9.17) is 10.2 Å². The smallest absolute Gasteiger partial charge is 1.00 e. The number of aryl methyl sites for hydroxylation is 1. The van der Waals surface area contributed by atoms with Gasteiger partial charge in [-0.1, -0.05) is 54.1 Å². The first kappa shape index (κ1) is 16.1. The van der Waals surface area contributed by atoms with E-state index in [-0.39, 0.29) is 31.0 Å². The van der Waals surface area contributed by atoms with Gasteiger partial charge in [0.1, 0.15) is 0 Å². The summed E-state index contributed by atoms with van der Waals surface area (Å²) in [6.45, 7) is 2.02. The van der Waals surface area contributed by atoms with E-state index in [1.165, 1.54) is 5.56 Å². The molecule has 0 aliphatic carbocycles. The summed E-state index contributed by atoms with van der Waals surface area (Å²) in [6.07, 6.45) is -1.95. The third kappa shape index (κ3) is 4.00. The summed E-state index contributed by atoms with van der Waals surface area (Å²) in [5.74, 6) is -0.689. The Morgan fingerprint density at radius 1 is 0.947 bits per heavy atom. The van der Waals surface area contributed by atoms with E-state index >= 15 is 0 Å². The van der Waals surface area contributed by atoms with Crippen molar-refractivity contribution in [1.29, 1.82) is 0 Å². The maximum atomic E-state index is 11.3. The van der Waals surface area contributed by atoms with Crippen LogP contribution in [-0.4, -0.2) is 22.3 Å². The van der Waals surface area contributed by atoms with E-state index in [2.05, 4.69) is 0 Å². The Morgan fingerprint density at radius 2 is 1.37 bits per heavy atom. The van der Waals surface area contributed by atoms with E-state index in [9.17, 15) is 4.79 Å². The number of rotatable bonds is 3. The molecule has 0 fully saturated rings. The molecule has 2 aromatic carbocycles. The third-order valence-electron chi connectivity index (χ3n) is 2.79. The minimum Gasteiger partial charge on any atom is -1.00 e. The second-order valence-corrected chi connectivity index (χ2v) is 4.18. The molecule has 0 amide bonds. The molecule has 0 atom stereocenters. The predicted molar refractivity (Wildman–Crippen MR) is 70.3 cm³/mol. The SMILES string of the molecule is Cc1ccc(-c2ccc(C(=O)C(O)O)cc2)cc1.[H-].[Na+]. The molecule has 0 aromatic heterocycles. The molecular weight excluding hydrogens is 251 g/mol. The second-order valence-electron chi connectivity index (χ2n) is 4.18. The maximum absolute atomic E-state index is 11.3. The minimum absolute atomic E-state index is 0. The maximum Gasteiger partial charge on any atom is 1.00 e. The van der Waals surface area contributed by atoms with Gasteiger partial charge in [0.25, 0.3) is 0 Å². The number of ketones is 1. The van der Waals surface area contributed by atoms with Crippen molar-refractivity contribution in [2.45, 2.75) is 13.2 Å². The first-order valence-electron chi connectivity index (χ1n) is 5.65. The molecule has 0 heterocycles. The van der Waals surface area contributed by atoms with Crippen molar-refractivity contribution in [3.8, 4) is 11.1 Å². The van der Waals surface area contributed by atoms with E-state index in [0.29, 0.717) is 5.56 Å². The van der Waals surface area contributed by atoms with E-state index in [1.54, 1.807) is 24.3 Å². The summed E-state index contributed by atoms with van der Waals surface area (Å²) < 4.78 is 0. The summed E-state index contributed by atoms with van der Waals surface area (Å²) in [5, 5.41) is 17.6. The zero-order valence-electron chi connectivity index (χ0n) is 12.0. The van der Waals surface area contributed by atoms with Gasteiger partial charge in [0, 0.05) is 5.56 Å². The summed E-state index contributed by atoms with van der Waals surface area (Å²) in [5.41, 5.74) is 3.53. The van der Waals surface area contributed by atoms with Gasteiger partial charge in [0.2, 0.25) is 12.1 Å². The first-order chi connectivity index (χ1) is 8.58. The molecule has 19 heavy (non-hydrogen) atoms. The van der Waals surface area contributed by atoms with Gasteiger partial charge in [-0.2, -0.15) is 0 Å². The van der Waals surface area contributed by atoms with Gasteiger partial charge < -0.3 is 11.6 Å². The standard InChI is InChI=1S/C15H14O3.Na.H/c1-10-2-4-11(5-3-10)12-6-8-13(9-7-12)14(16)15(17)18;;/h2-9,15,17-18H,1H3;;/q;+1;-1. The topological polar surface area (TPSA) is 57.5 Å². The fourth-order valence-corrected chi connectivity index (χ4v) is 1.72. The van der Waals surface area contributed by atoms with Crippen LogP contribution in [0.3, 0.4) is 0 Å². The van der Waals surface area contributed by atoms with Crippen LogP contribution >= 0.6 is 0 Å². The molecule has 0 aliphatic rings. The van der Waals surface area contributed by atoms with Gasteiger partial charge in [-0.05, 0) is 18.1 Å². The summed E-state index contributed by atoms with van der Waals surface area (Å²) in [6, 6.07) is 14.8. The van der Waals surface area contributed by atoms with Crippen molar-refractivity contribution in [3.63, 3.8) is 0 Å². The summed E-state index contributed by atoms with van der Waals surface area (Å²) in [4.78, 5) is 11.3. The number of aliphatic hydroxyl groups is 2. The van der Waals surface area contributed by atoms with Gasteiger partial charge in [-0.15, -0.1) is 0 Å². The van der Waals surface area contributed by atoms with Crippen molar-refractivity contribution in [2.75, 3.05) is 0 Å². The predicted octanol–water partition coefficient (Wildman–Crippen LogP) is -0.728. The van der Waals surface area contributed by atoms with Crippen molar-refractivity contribution in [3.05, 3.63) is 59.7 Å². The fraction of sp³-hybridized carbons (Fsp3) is 0.133. The van der Waals surface area contributed by atoms with Crippen molar-refractivity contribution >= 4 is 5.78 Å². The van der Waals surface area contributed by atoms with Crippen molar-refractivity contribution in [2.24, 2.45) is 0 Å². The Labute approximate surface area is 135 Å². The van der Waals surface area contributed by atoms with E-state index in [1.807, 2.05) is 31.2 Å². The summed E-state index contributed by atoms with van der Waals surface area (Å²) >= 11 is 0. The van der Waals surface area contributed by atoms with Crippen molar-refractivity contribution < 1.29 is 46.0 Å². The van der Waals surface area contributed by atoms with Crippen LogP contribution in [0.1, 0.15) is 17.3 Å². The Bertz CT molecular complexity index is 550. The largest absolute Gasteiger partial charge is 1.00 e. The van der Waals surface area contributed by atoms with Crippen LogP contribution in [0, 0.1) is 6.92 Å². The molecule has 2 rings (SSSR count). The third-order valence-corrected chi connectivity index (χ3v) is 2.79. The number of carbonyl (C=O) groups excluding carboxylic acids is 1. The molecule has 2 aromatic rings. The van der Waals surface area contributed by atoms with Crippen LogP contribution in [0.4, 0.5) is 0 Å². The molecule has 0 bridgehead atoms. The van der Waals surface area contributed by atoms with Gasteiger partial charge in [0.05, 0.1) is 0 Å². The molecular formula is C15H15NaO3. The molecule has 0 aliphatic heterocycles. The molecule has 0 saturated carbocycles. The molecule has 0 saturated heterocycles. The molecule has 3 nitrogen and oxygen atoms in total. The molecule has 94 valence electrons. The number of hydrogen-bond acceptors (Lipinski definition) is 3. The van der Waals surface area contributed by atoms with Crippen molar-refractivity contribution in [1.82, 2.24) is 0 Å². The minimum atomic E-state index is -1.95. The summed E-state index contributed by atoms with van der Waals surface area (Å²) in [7, 11) is 0. The fourth-order valence-electron chi connectivity index (χ4n) is 1.72. The Kier molecular flexibility index (Phi) is 5.91. The quantitative estimate of drug-likeness (QED) is 0.437. The van der Waals surface area contributed by atoms with Crippen LogP contribution in [0.5, 0.6) is 0 Å². The van der Waals surface area contributed by atoms with Gasteiger partial charge >= 0.3 is 29.6 Å². The van der Waals surface area contributed by atoms with Crippen LogP contribution in [0.25, 0.3) is 11.1 Å². The molecule has 0 spiro atoms. The number of Topliss-reactive ketones (excluding diaryl/α,β-unsaturated/α-hetero) is 1. The van der Waals surface area contributed by atoms with Crippen LogP contribution in [0.2, 0.25) is 0 Å². The van der Waals surface area contributed by atoms with Crippen LogP contribution in [0.15, 0.2) is 48.5 Å². The zero-order valence-corrected chi connectivity index (χ0v) is 13.0. The first-order valence-corrected chi connectivity index (χ1v) is 5.65. The molecule has 4 heteroatoms. The average Bonchev–Trinajstić information content (AvgIpc) is 2.39. The number of carbonyl (C=O) groups is 1. The Morgan fingerprint density at radius 3 is 1.79 bits per heavy atom. The Hall–Kier alpha value is -0.970. The Balaban J connectivity index is 0.00000180. The van der Waals surface area contributed by atoms with Gasteiger partial charge in [-0.3, -0.25) is 4.79 Å². The van der Waals surface area contributed by atoms with Gasteiger partial charge in [-0.25, -0.2) is 0 Å². The second kappa shape index (κ2) is 6.98. The monoisotopic (exact) mass is 266 g/mol. The van der Waals surface area contributed by atoms with E-state index in [0.717, 1.165) is 11.1 Å². The molecule has 0 radical (unpaired) electrons. The number of hydrogen-bond donors (Lipinski definition) is 2. The number of aliphatic hydroxyl groups excluding tert-OH is 1. The van der Waals surface area contributed by atoms with Crippen LogP contribution in [-0.2, 0) is 0 Å². The van der Waals surface area contributed by atoms with Gasteiger partial charge in [0.15, 0.2) is 0 Å². The zero-order chi connectivity index (χ0) is 13.1. The molecule has 2 N–H and O–H groups in total. The number of benzene rings is 2. The van der Waals surface area contributed by atoms with Crippen LogP contribution < -0.4 is 29.6 Å². The normalized spacial score (nSPS) is 10.1. The van der Waals surface area contributed by atoms with E-state index < -0.39 is 12.1 Å². The average molecular weight is 266 g/mol.